The number of hydrogen-bond acceptors (Lipinski definition) is 6. The Kier molecular flexibility index (Phi) is 4.16. The topological polar surface area (TPSA) is 102 Å². The number of aromatic amines is 1. The molecule has 2 atom stereocenters. The van der Waals surface area contributed by atoms with Gasteiger partial charge in [0.25, 0.3) is 5.56 Å². The maximum atomic E-state index is 12.5. The second-order valence-electron chi connectivity index (χ2n) is 5.29. The van der Waals surface area contributed by atoms with Crippen LogP contribution in [0.4, 0.5) is 0 Å². The Morgan fingerprint density at radius 1 is 1.68 bits per heavy atom. The van der Waals surface area contributed by atoms with Gasteiger partial charge in [-0.05, 0) is 6.92 Å². The minimum Gasteiger partial charge on any atom is -0.383 e. The van der Waals surface area contributed by atoms with E-state index in [0.29, 0.717) is 28.5 Å². The summed E-state index contributed by atoms with van der Waals surface area (Å²) in [5.41, 5.74) is 0.337. The molecule has 1 aliphatic heterocycles. The fraction of sp³-hybridized carbons (Fsp3) is 0.538. The molecule has 0 spiro atoms. The highest BCUT2D eigenvalue weighted by Gasteiger charge is 2.29. The molecule has 0 aliphatic carbocycles. The largest absolute Gasteiger partial charge is 0.383 e. The van der Waals surface area contributed by atoms with Crippen LogP contribution in [0.1, 0.15) is 19.4 Å². The summed E-state index contributed by atoms with van der Waals surface area (Å²) in [5.74, 6) is 0.566. The van der Waals surface area contributed by atoms with Gasteiger partial charge in [0.05, 0.1) is 18.8 Å². The molecule has 9 heteroatoms. The van der Waals surface area contributed by atoms with Crippen LogP contribution in [0.25, 0.3) is 11.0 Å². The number of aromatic nitrogens is 4. The van der Waals surface area contributed by atoms with Gasteiger partial charge in [-0.25, -0.2) is 4.98 Å². The van der Waals surface area contributed by atoms with Crippen LogP contribution in [0.3, 0.4) is 0 Å². The van der Waals surface area contributed by atoms with Gasteiger partial charge in [0.2, 0.25) is 5.91 Å². The molecule has 0 fully saturated rings. The molecule has 22 heavy (non-hydrogen) atoms. The Morgan fingerprint density at radius 3 is 3.27 bits per heavy atom. The van der Waals surface area contributed by atoms with Crippen molar-refractivity contribution in [3.05, 3.63) is 16.6 Å². The lowest BCUT2D eigenvalue weighted by molar-refractivity contribution is -0.122. The van der Waals surface area contributed by atoms with Crippen LogP contribution in [0, 0.1) is 0 Å². The summed E-state index contributed by atoms with van der Waals surface area (Å²) in [7, 11) is 1.59. The van der Waals surface area contributed by atoms with Gasteiger partial charge in [-0.2, -0.15) is 5.10 Å². The van der Waals surface area contributed by atoms with E-state index in [9.17, 15) is 9.59 Å². The third kappa shape index (κ3) is 2.73. The van der Waals surface area contributed by atoms with E-state index in [-0.39, 0.29) is 30.0 Å². The van der Waals surface area contributed by atoms with Gasteiger partial charge in [-0.15, -0.1) is 0 Å². The van der Waals surface area contributed by atoms with E-state index in [0.717, 1.165) is 0 Å². The first-order chi connectivity index (χ1) is 10.6. The molecule has 2 N–H and O–H groups in total. The summed E-state index contributed by atoms with van der Waals surface area (Å²) in [6.45, 7) is 2.33. The highest BCUT2D eigenvalue weighted by atomic mass is 32.2. The zero-order chi connectivity index (χ0) is 15.7. The van der Waals surface area contributed by atoms with Crippen LogP contribution in [-0.4, -0.2) is 51.2 Å². The Balaban J connectivity index is 1.79. The van der Waals surface area contributed by atoms with Crippen LogP contribution in [0.5, 0.6) is 0 Å². The van der Waals surface area contributed by atoms with E-state index in [1.807, 2.05) is 6.92 Å². The van der Waals surface area contributed by atoms with Crippen molar-refractivity contribution in [3.8, 4) is 0 Å². The molecular formula is C13H17N5O3S. The maximum absolute atomic E-state index is 12.5. The maximum Gasteiger partial charge on any atom is 0.265 e. The second-order valence-corrected chi connectivity index (χ2v) is 6.28. The number of nitrogens with one attached hydrogen (secondary N) is 2. The monoisotopic (exact) mass is 323 g/mol. The van der Waals surface area contributed by atoms with Crippen molar-refractivity contribution in [2.45, 2.75) is 30.6 Å². The molecule has 3 heterocycles. The third-order valence-corrected chi connectivity index (χ3v) is 4.59. The molecule has 0 saturated carbocycles. The van der Waals surface area contributed by atoms with Crippen LogP contribution in [-0.2, 0) is 9.53 Å². The number of amides is 1. The second kappa shape index (κ2) is 6.09. The van der Waals surface area contributed by atoms with Crippen LogP contribution >= 0.6 is 11.8 Å². The zero-order valence-corrected chi connectivity index (χ0v) is 13.1. The van der Waals surface area contributed by atoms with Gasteiger partial charge in [-0.1, -0.05) is 11.8 Å². The number of rotatable bonds is 5. The smallest absolute Gasteiger partial charge is 0.265 e. The standard InChI is InChI=1S/C13H17N5O3S/c1-7(5-21-2)15-10(19)3-8-6-22-13-16-11-9(4-14-17-11)12(20)18(8)13/h4,7-8H,3,5-6H2,1-2H3,(H,14,17)(H,15,19). The first-order valence-corrected chi connectivity index (χ1v) is 7.95. The molecule has 1 amide bonds. The van der Waals surface area contributed by atoms with Crippen molar-refractivity contribution in [1.29, 1.82) is 0 Å². The number of carbonyl (C=O) groups excluding carboxylic acids is 1. The fourth-order valence-corrected chi connectivity index (χ4v) is 3.68. The van der Waals surface area contributed by atoms with Gasteiger partial charge in [0, 0.05) is 25.3 Å². The van der Waals surface area contributed by atoms with Gasteiger partial charge in [0.15, 0.2) is 10.8 Å². The number of thioether (sulfide) groups is 1. The van der Waals surface area contributed by atoms with E-state index < -0.39 is 0 Å². The lowest BCUT2D eigenvalue weighted by Gasteiger charge is -2.16. The number of H-pyrrole nitrogens is 1. The Hall–Kier alpha value is -1.87. The summed E-state index contributed by atoms with van der Waals surface area (Å²) < 4.78 is 6.59. The molecule has 0 aromatic carbocycles. The minimum absolute atomic E-state index is 0.0581. The Morgan fingerprint density at radius 2 is 2.50 bits per heavy atom. The summed E-state index contributed by atoms with van der Waals surface area (Å²) in [6, 6.07) is -0.244. The van der Waals surface area contributed by atoms with Crippen molar-refractivity contribution in [2.24, 2.45) is 0 Å². The predicted molar refractivity (Wildman–Crippen MR) is 82.0 cm³/mol. The highest BCUT2D eigenvalue weighted by Crippen LogP contribution is 2.32. The van der Waals surface area contributed by atoms with E-state index >= 15 is 0 Å². The summed E-state index contributed by atoms with van der Waals surface area (Å²) in [6.07, 6.45) is 1.72. The SMILES string of the molecule is COCC(C)NC(=O)CC1CSc2nc3[nH]ncc3c(=O)n21. The van der Waals surface area contributed by atoms with Crippen molar-refractivity contribution in [1.82, 2.24) is 25.1 Å². The molecule has 2 aromatic rings. The van der Waals surface area contributed by atoms with Crippen molar-refractivity contribution >= 4 is 28.7 Å². The van der Waals surface area contributed by atoms with Crippen LogP contribution in [0.15, 0.2) is 16.1 Å². The first-order valence-electron chi connectivity index (χ1n) is 6.97. The Bertz CT molecular complexity index is 756. The van der Waals surface area contributed by atoms with E-state index in [1.54, 1.807) is 11.7 Å². The molecular weight excluding hydrogens is 306 g/mol. The van der Waals surface area contributed by atoms with E-state index in [2.05, 4.69) is 20.5 Å². The number of carbonyl (C=O) groups is 1. The van der Waals surface area contributed by atoms with Crippen LogP contribution < -0.4 is 10.9 Å². The molecule has 118 valence electrons. The molecule has 1 aliphatic rings. The predicted octanol–water partition coefficient (Wildman–Crippen LogP) is 0.308. The molecule has 3 rings (SSSR count). The highest BCUT2D eigenvalue weighted by molar-refractivity contribution is 7.99. The molecule has 0 bridgehead atoms. The number of fused-ring (bicyclic) bond motifs is 2. The molecule has 0 radical (unpaired) electrons. The summed E-state index contributed by atoms with van der Waals surface area (Å²) in [4.78, 5) is 29.0. The van der Waals surface area contributed by atoms with Crippen LogP contribution in [0.2, 0.25) is 0 Å². The summed E-state index contributed by atoms with van der Waals surface area (Å²) in [5, 5.41) is 10.5. The van der Waals surface area contributed by atoms with Crippen molar-refractivity contribution in [2.75, 3.05) is 19.5 Å². The normalized spacial score (nSPS) is 18.4. The molecule has 8 nitrogen and oxygen atoms in total. The fourth-order valence-electron chi connectivity index (χ4n) is 2.55. The molecule has 0 saturated heterocycles. The van der Waals surface area contributed by atoms with Gasteiger partial charge >= 0.3 is 0 Å². The average Bonchev–Trinajstić information content (AvgIpc) is 3.06. The number of nitrogens with zero attached hydrogens (tertiary/aromatic N) is 3. The van der Waals surface area contributed by atoms with Crippen molar-refractivity contribution < 1.29 is 9.53 Å². The lowest BCUT2D eigenvalue weighted by atomic mass is 10.2. The van der Waals surface area contributed by atoms with Crippen molar-refractivity contribution in [3.63, 3.8) is 0 Å². The van der Waals surface area contributed by atoms with Gasteiger partial charge in [0.1, 0.15) is 5.39 Å². The third-order valence-electron chi connectivity index (χ3n) is 3.50. The quantitative estimate of drug-likeness (QED) is 0.768. The van der Waals surface area contributed by atoms with Gasteiger partial charge < -0.3 is 10.1 Å². The van der Waals surface area contributed by atoms with E-state index in [1.165, 1.54) is 18.0 Å². The molecule has 2 unspecified atom stereocenters. The number of hydrogen-bond donors (Lipinski definition) is 2. The first kappa shape index (κ1) is 15.0. The number of methoxy groups -OCH3 is 1. The lowest BCUT2D eigenvalue weighted by Crippen LogP contribution is -2.37. The average molecular weight is 323 g/mol. The zero-order valence-electron chi connectivity index (χ0n) is 12.3. The minimum atomic E-state index is -0.186. The van der Waals surface area contributed by atoms with E-state index in [4.69, 9.17) is 4.74 Å². The Labute approximate surface area is 130 Å². The summed E-state index contributed by atoms with van der Waals surface area (Å²) >= 11 is 1.48. The molecule has 2 aromatic heterocycles. The number of ether oxygens (including phenoxy) is 1. The van der Waals surface area contributed by atoms with Gasteiger partial charge in [-0.3, -0.25) is 19.3 Å².